The first kappa shape index (κ1) is 16.5. The summed E-state index contributed by atoms with van der Waals surface area (Å²) in [5.41, 5.74) is 4.97. The zero-order chi connectivity index (χ0) is 17.6. The topological polar surface area (TPSA) is 7.12 Å². The minimum absolute atomic E-state index is 0.775. The van der Waals surface area contributed by atoms with Crippen molar-refractivity contribution in [3.8, 4) is 0 Å². The van der Waals surface area contributed by atoms with Crippen molar-refractivity contribution in [1.82, 2.24) is 0 Å². The Bertz CT molecular complexity index is 1010. The quantitative estimate of drug-likeness (QED) is 0.540. The Balaban J connectivity index is 1.84. The minimum atomic E-state index is 0.775. The largest absolute Gasteiger partial charge is 0.338 e. The lowest BCUT2D eigenvalue weighted by Gasteiger charge is -2.14. The standard InChI is InChI=1S/C21H20ClN2S/c1-4-24-10-9-15(17-11-14(2)5-7-18(17)24)12-21-23(3)19-13-16(22)6-8-20(19)25-21/h5-13H,4H2,1-3H3/q+1. The Morgan fingerprint density at radius 2 is 2.00 bits per heavy atom. The van der Waals surface area contributed by atoms with Crippen molar-refractivity contribution < 1.29 is 4.57 Å². The number of hydrogen-bond donors (Lipinski definition) is 0. The second kappa shape index (κ2) is 6.40. The Morgan fingerprint density at radius 1 is 1.16 bits per heavy atom. The molecule has 2 aromatic carbocycles. The van der Waals surface area contributed by atoms with E-state index in [0.717, 1.165) is 11.6 Å². The first-order valence-electron chi connectivity index (χ1n) is 8.42. The van der Waals surface area contributed by atoms with Gasteiger partial charge in [-0.25, -0.2) is 0 Å². The summed E-state index contributed by atoms with van der Waals surface area (Å²) in [6.45, 7) is 5.29. The minimum Gasteiger partial charge on any atom is -0.338 e. The lowest BCUT2D eigenvalue weighted by atomic mass is 10.1. The van der Waals surface area contributed by atoms with E-state index < -0.39 is 0 Å². The van der Waals surface area contributed by atoms with Crippen LogP contribution in [0.1, 0.15) is 18.1 Å². The number of nitrogens with zero attached hydrogens (tertiary/aromatic N) is 2. The lowest BCUT2D eigenvalue weighted by molar-refractivity contribution is -0.667. The SMILES string of the molecule is CC[n+]1ccc(/C=C2/Sc3ccc(Cl)cc3N2C)c2cc(C)ccc21. The van der Waals surface area contributed by atoms with E-state index in [-0.39, 0.29) is 0 Å². The molecule has 0 bridgehead atoms. The van der Waals surface area contributed by atoms with Crippen LogP contribution in [0.2, 0.25) is 5.02 Å². The summed E-state index contributed by atoms with van der Waals surface area (Å²) < 4.78 is 2.29. The van der Waals surface area contributed by atoms with E-state index in [1.54, 1.807) is 11.8 Å². The van der Waals surface area contributed by atoms with Gasteiger partial charge < -0.3 is 4.90 Å². The molecule has 0 unspecified atom stereocenters. The number of aryl methyl sites for hydroxylation is 2. The van der Waals surface area contributed by atoms with Gasteiger partial charge in [-0.3, -0.25) is 0 Å². The summed E-state index contributed by atoms with van der Waals surface area (Å²) in [6, 6.07) is 15.0. The predicted octanol–water partition coefficient (Wildman–Crippen LogP) is 5.65. The van der Waals surface area contributed by atoms with Crippen LogP contribution in [0.4, 0.5) is 5.69 Å². The van der Waals surface area contributed by atoms with E-state index in [1.807, 2.05) is 12.1 Å². The molecule has 0 N–H and O–H groups in total. The van der Waals surface area contributed by atoms with Crippen LogP contribution in [0, 0.1) is 6.92 Å². The second-order valence-corrected chi connectivity index (χ2v) is 7.83. The van der Waals surface area contributed by atoms with Gasteiger partial charge in [0.15, 0.2) is 6.20 Å². The molecular formula is C21H20ClN2S+. The molecule has 0 spiro atoms. The fraction of sp³-hybridized carbons (Fsp3) is 0.190. The summed E-state index contributed by atoms with van der Waals surface area (Å²) in [4.78, 5) is 3.46. The molecule has 2 nitrogen and oxygen atoms in total. The number of pyridine rings is 1. The molecule has 1 aliphatic rings. The number of benzene rings is 2. The highest BCUT2D eigenvalue weighted by Crippen LogP contribution is 2.46. The summed E-state index contributed by atoms with van der Waals surface area (Å²) in [6.07, 6.45) is 4.45. The maximum atomic E-state index is 6.17. The molecule has 2 heterocycles. The molecule has 1 aromatic heterocycles. The third kappa shape index (κ3) is 2.92. The summed E-state index contributed by atoms with van der Waals surface area (Å²) >= 11 is 7.96. The number of aromatic nitrogens is 1. The van der Waals surface area contributed by atoms with Crippen molar-refractivity contribution >= 4 is 46.0 Å². The third-order valence-electron chi connectivity index (χ3n) is 4.65. The van der Waals surface area contributed by atoms with Crippen LogP contribution in [0.15, 0.2) is 58.6 Å². The van der Waals surface area contributed by atoms with Crippen molar-refractivity contribution in [1.29, 1.82) is 0 Å². The molecule has 1 aliphatic heterocycles. The normalized spacial score (nSPS) is 15.2. The molecule has 0 saturated carbocycles. The van der Waals surface area contributed by atoms with Gasteiger partial charge in [-0.05, 0) is 49.8 Å². The van der Waals surface area contributed by atoms with Crippen molar-refractivity contribution in [2.45, 2.75) is 25.3 Å². The molecule has 126 valence electrons. The Labute approximate surface area is 157 Å². The van der Waals surface area contributed by atoms with Gasteiger partial charge in [-0.2, -0.15) is 4.57 Å². The maximum absolute atomic E-state index is 6.17. The van der Waals surface area contributed by atoms with Crippen molar-refractivity contribution in [3.63, 3.8) is 0 Å². The predicted molar refractivity (Wildman–Crippen MR) is 108 cm³/mol. The van der Waals surface area contributed by atoms with E-state index in [9.17, 15) is 0 Å². The van der Waals surface area contributed by atoms with Gasteiger partial charge in [0.1, 0.15) is 6.54 Å². The molecule has 0 fully saturated rings. The molecule has 0 atom stereocenters. The summed E-state index contributed by atoms with van der Waals surface area (Å²) in [5, 5.41) is 3.28. The molecule has 0 radical (unpaired) electrons. The van der Waals surface area contributed by atoms with Gasteiger partial charge in [-0.1, -0.05) is 35.0 Å². The number of fused-ring (bicyclic) bond motifs is 2. The molecule has 0 amide bonds. The molecule has 25 heavy (non-hydrogen) atoms. The molecule has 3 aromatic rings. The lowest BCUT2D eigenvalue weighted by Crippen LogP contribution is -2.32. The summed E-state index contributed by atoms with van der Waals surface area (Å²) in [5.74, 6) is 0. The third-order valence-corrected chi connectivity index (χ3v) is 6.05. The fourth-order valence-electron chi connectivity index (χ4n) is 3.27. The molecule has 4 heteroatoms. The average Bonchev–Trinajstić information content (AvgIpc) is 2.91. The molecule has 4 rings (SSSR count). The van der Waals surface area contributed by atoms with Gasteiger partial charge in [0.25, 0.3) is 0 Å². The Morgan fingerprint density at radius 3 is 2.80 bits per heavy atom. The Hall–Kier alpha value is -1.97. The van der Waals surface area contributed by atoms with Gasteiger partial charge in [0.2, 0.25) is 5.52 Å². The smallest absolute Gasteiger partial charge is 0.213 e. The molecular weight excluding hydrogens is 348 g/mol. The van der Waals surface area contributed by atoms with Crippen LogP contribution >= 0.6 is 23.4 Å². The number of thioether (sulfide) groups is 1. The fourth-order valence-corrected chi connectivity index (χ4v) is 4.52. The van der Waals surface area contributed by atoms with Crippen LogP contribution < -0.4 is 9.47 Å². The van der Waals surface area contributed by atoms with E-state index in [0.29, 0.717) is 0 Å². The molecule has 0 aliphatic carbocycles. The molecule has 0 saturated heterocycles. The average molecular weight is 368 g/mol. The maximum Gasteiger partial charge on any atom is 0.213 e. The number of halogens is 1. The zero-order valence-corrected chi connectivity index (χ0v) is 16.2. The van der Waals surface area contributed by atoms with E-state index >= 15 is 0 Å². The number of hydrogen-bond acceptors (Lipinski definition) is 2. The number of anilines is 1. The monoisotopic (exact) mass is 367 g/mol. The van der Waals surface area contributed by atoms with Crippen LogP contribution in [0.25, 0.3) is 17.0 Å². The van der Waals surface area contributed by atoms with Gasteiger partial charge in [0, 0.05) is 29.1 Å². The van der Waals surface area contributed by atoms with E-state index in [1.165, 1.54) is 37.6 Å². The van der Waals surface area contributed by atoms with Crippen molar-refractivity contribution in [2.24, 2.45) is 0 Å². The van der Waals surface area contributed by atoms with E-state index in [2.05, 4.69) is 73.0 Å². The highest BCUT2D eigenvalue weighted by Gasteiger charge is 2.22. The first-order chi connectivity index (χ1) is 12.1. The van der Waals surface area contributed by atoms with Crippen LogP contribution in [0.5, 0.6) is 0 Å². The summed E-state index contributed by atoms with van der Waals surface area (Å²) in [7, 11) is 2.10. The van der Waals surface area contributed by atoms with Crippen LogP contribution in [-0.2, 0) is 6.54 Å². The van der Waals surface area contributed by atoms with Gasteiger partial charge in [-0.15, -0.1) is 0 Å². The number of rotatable bonds is 2. The Kier molecular flexibility index (Phi) is 4.22. The highest BCUT2D eigenvalue weighted by molar-refractivity contribution is 8.03. The van der Waals surface area contributed by atoms with Crippen molar-refractivity contribution in [2.75, 3.05) is 11.9 Å². The zero-order valence-electron chi connectivity index (χ0n) is 14.6. The van der Waals surface area contributed by atoms with Crippen LogP contribution in [-0.4, -0.2) is 7.05 Å². The highest BCUT2D eigenvalue weighted by atomic mass is 35.5. The van der Waals surface area contributed by atoms with Gasteiger partial charge >= 0.3 is 0 Å². The van der Waals surface area contributed by atoms with E-state index in [4.69, 9.17) is 11.6 Å². The van der Waals surface area contributed by atoms with Crippen molar-refractivity contribution in [3.05, 3.63) is 69.8 Å². The second-order valence-electron chi connectivity index (χ2n) is 6.33. The first-order valence-corrected chi connectivity index (χ1v) is 9.62. The van der Waals surface area contributed by atoms with Gasteiger partial charge in [0.05, 0.1) is 16.1 Å². The van der Waals surface area contributed by atoms with Crippen LogP contribution in [0.3, 0.4) is 0 Å².